The normalized spacial score (nSPS) is 19.0. The molecule has 0 aliphatic carbocycles. The lowest BCUT2D eigenvalue weighted by atomic mass is 10.0. The minimum Gasteiger partial charge on any atom is -0.497 e. The van der Waals surface area contributed by atoms with Gasteiger partial charge in [0.15, 0.2) is 0 Å². The van der Waals surface area contributed by atoms with Crippen LogP contribution in [0.25, 0.3) is 0 Å². The van der Waals surface area contributed by atoms with Gasteiger partial charge in [-0.2, -0.15) is 4.31 Å². The smallest absolute Gasteiger partial charge is 0.249 e. The SMILES string of the molecule is COc1cc(C)c(S(=O)(=O)N2CCn3cccc3C2COC(C)C(=O)NC2CCN(c3ccncc3)CC2)c(C)c1. The molecule has 1 saturated heterocycles. The number of rotatable bonds is 9. The van der Waals surface area contributed by atoms with Gasteiger partial charge in [-0.3, -0.25) is 9.78 Å². The zero-order chi connectivity index (χ0) is 29.1. The van der Waals surface area contributed by atoms with E-state index in [4.69, 9.17) is 9.47 Å². The molecule has 2 aliphatic rings. The lowest BCUT2D eigenvalue weighted by Crippen LogP contribution is -2.48. The molecule has 41 heavy (non-hydrogen) atoms. The molecule has 5 rings (SSSR count). The van der Waals surface area contributed by atoms with Gasteiger partial charge < -0.3 is 24.3 Å². The van der Waals surface area contributed by atoms with Gasteiger partial charge in [-0.1, -0.05) is 0 Å². The van der Waals surface area contributed by atoms with Gasteiger partial charge in [0.1, 0.15) is 11.9 Å². The number of sulfonamides is 1. The third-order valence-corrected chi connectivity index (χ3v) is 10.3. The maximum atomic E-state index is 14.1. The topological polar surface area (TPSA) is 106 Å². The van der Waals surface area contributed by atoms with Crippen molar-refractivity contribution in [2.45, 2.75) is 63.2 Å². The van der Waals surface area contributed by atoms with Gasteiger partial charge in [0.25, 0.3) is 0 Å². The van der Waals surface area contributed by atoms with Crippen LogP contribution in [0.5, 0.6) is 5.75 Å². The highest BCUT2D eigenvalue weighted by Gasteiger charge is 2.39. The maximum absolute atomic E-state index is 14.1. The molecule has 4 heterocycles. The molecular formula is C30H39N5O5S. The summed E-state index contributed by atoms with van der Waals surface area (Å²) >= 11 is 0. The van der Waals surface area contributed by atoms with Gasteiger partial charge in [-0.05, 0) is 81.1 Å². The molecule has 11 heteroatoms. The van der Waals surface area contributed by atoms with Gasteiger partial charge in [-0.15, -0.1) is 0 Å². The molecule has 0 saturated carbocycles. The van der Waals surface area contributed by atoms with E-state index in [0.717, 1.165) is 37.3 Å². The molecule has 3 aromatic rings. The molecule has 1 N–H and O–H groups in total. The number of carbonyl (C=O) groups is 1. The van der Waals surface area contributed by atoms with Crippen molar-refractivity contribution >= 4 is 21.6 Å². The fraction of sp³-hybridized carbons (Fsp3) is 0.467. The first-order chi connectivity index (χ1) is 19.7. The lowest BCUT2D eigenvalue weighted by Gasteiger charge is -2.37. The van der Waals surface area contributed by atoms with Crippen molar-refractivity contribution in [2.75, 3.05) is 38.3 Å². The van der Waals surface area contributed by atoms with Crippen molar-refractivity contribution in [3.05, 3.63) is 71.8 Å². The number of aromatic nitrogens is 2. The molecule has 0 radical (unpaired) electrons. The summed E-state index contributed by atoms with van der Waals surface area (Å²) < 4.78 is 43.1. The summed E-state index contributed by atoms with van der Waals surface area (Å²) in [4.78, 5) is 19.7. The Hall–Kier alpha value is -3.41. The molecule has 10 nitrogen and oxygen atoms in total. The Morgan fingerprint density at radius 1 is 1.07 bits per heavy atom. The quantitative estimate of drug-likeness (QED) is 0.413. The molecule has 2 unspecified atom stereocenters. The number of nitrogens with one attached hydrogen (secondary N) is 1. The second-order valence-electron chi connectivity index (χ2n) is 10.8. The molecule has 1 aromatic carbocycles. The number of benzene rings is 1. The van der Waals surface area contributed by atoms with E-state index in [2.05, 4.69) is 19.8 Å². The number of amides is 1. The van der Waals surface area contributed by atoms with Crippen LogP contribution < -0.4 is 15.0 Å². The number of carbonyl (C=O) groups excluding carboxylic acids is 1. The standard InChI is InChI=1S/C30H39N5O5S/c1-21-18-26(39-4)19-22(2)29(21)41(37,38)35-17-16-34-13-5-6-27(34)28(35)20-40-23(3)30(36)32-24-9-14-33(15-10-24)25-7-11-31-12-8-25/h5-8,11-13,18-19,23-24,28H,9-10,14-17,20H2,1-4H3,(H,32,36). The summed E-state index contributed by atoms with van der Waals surface area (Å²) in [6.45, 7) is 7.90. The Bertz CT molecular complexity index is 1440. The minimum atomic E-state index is -3.86. The average Bonchev–Trinajstić information content (AvgIpc) is 3.45. The Balaban J connectivity index is 1.25. The van der Waals surface area contributed by atoms with Crippen LogP contribution in [0.4, 0.5) is 5.69 Å². The first-order valence-electron chi connectivity index (χ1n) is 14.1. The van der Waals surface area contributed by atoms with E-state index < -0.39 is 22.2 Å². The van der Waals surface area contributed by atoms with Crippen molar-refractivity contribution in [3.8, 4) is 5.75 Å². The van der Waals surface area contributed by atoms with Crippen LogP contribution >= 0.6 is 0 Å². The van der Waals surface area contributed by atoms with Crippen LogP contribution in [-0.4, -0.2) is 73.7 Å². The Morgan fingerprint density at radius 2 is 1.76 bits per heavy atom. The number of pyridine rings is 1. The third-order valence-electron chi connectivity index (χ3n) is 8.09. The zero-order valence-electron chi connectivity index (χ0n) is 24.1. The number of aryl methyl sites for hydroxylation is 2. The van der Waals surface area contributed by atoms with E-state index in [1.807, 2.05) is 30.5 Å². The Labute approximate surface area is 242 Å². The monoisotopic (exact) mass is 581 g/mol. The fourth-order valence-corrected chi connectivity index (χ4v) is 7.91. The van der Waals surface area contributed by atoms with E-state index in [1.54, 1.807) is 52.4 Å². The number of piperidine rings is 1. The van der Waals surface area contributed by atoms with Crippen molar-refractivity contribution in [3.63, 3.8) is 0 Å². The predicted octanol–water partition coefficient (Wildman–Crippen LogP) is 3.44. The van der Waals surface area contributed by atoms with Crippen LogP contribution in [0.3, 0.4) is 0 Å². The first kappa shape index (κ1) is 29.1. The summed E-state index contributed by atoms with van der Waals surface area (Å²) in [5.41, 5.74) is 3.24. The van der Waals surface area contributed by atoms with E-state index in [0.29, 0.717) is 30.0 Å². The van der Waals surface area contributed by atoms with Crippen molar-refractivity contribution in [1.82, 2.24) is 19.2 Å². The van der Waals surface area contributed by atoms with Crippen molar-refractivity contribution in [1.29, 1.82) is 0 Å². The van der Waals surface area contributed by atoms with Gasteiger partial charge in [0, 0.05) is 62.2 Å². The molecule has 2 aliphatic heterocycles. The molecule has 220 valence electrons. The second-order valence-corrected chi connectivity index (χ2v) is 12.6. The summed E-state index contributed by atoms with van der Waals surface area (Å²) in [6.07, 6.45) is 6.47. The molecule has 2 aromatic heterocycles. The number of fused-ring (bicyclic) bond motifs is 1. The van der Waals surface area contributed by atoms with Crippen LogP contribution in [0, 0.1) is 13.8 Å². The highest BCUT2D eigenvalue weighted by Crippen LogP contribution is 2.35. The summed E-state index contributed by atoms with van der Waals surface area (Å²) in [5.74, 6) is 0.434. The van der Waals surface area contributed by atoms with E-state index in [-0.39, 0.29) is 23.5 Å². The third kappa shape index (κ3) is 6.12. The Kier molecular flexibility index (Phi) is 8.67. The molecule has 0 spiro atoms. The number of anilines is 1. The average molecular weight is 582 g/mol. The van der Waals surface area contributed by atoms with Crippen LogP contribution in [0.1, 0.15) is 42.6 Å². The van der Waals surface area contributed by atoms with Crippen molar-refractivity contribution < 1.29 is 22.7 Å². The number of hydrogen-bond donors (Lipinski definition) is 1. The second kappa shape index (κ2) is 12.2. The zero-order valence-corrected chi connectivity index (χ0v) is 24.9. The molecular weight excluding hydrogens is 542 g/mol. The largest absolute Gasteiger partial charge is 0.497 e. The van der Waals surface area contributed by atoms with Gasteiger partial charge in [0.05, 0.1) is 24.7 Å². The lowest BCUT2D eigenvalue weighted by molar-refractivity contribution is -0.133. The maximum Gasteiger partial charge on any atom is 0.249 e. The van der Waals surface area contributed by atoms with E-state index in [1.165, 1.54) is 4.31 Å². The van der Waals surface area contributed by atoms with Gasteiger partial charge in [0.2, 0.25) is 15.9 Å². The van der Waals surface area contributed by atoms with E-state index in [9.17, 15) is 13.2 Å². The van der Waals surface area contributed by atoms with Crippen LogP contribution in [-0.2, 0) is 26.1 Å². The summed E-state index contributed by atoms with van der Waals surface area (Å²) in [6, 6.07) is 10.8. The molecule has 1 fully saturated rings. The highest BCUT2D eigenvalue weighted by molar-refractivity contribution is 7.89. The Morgan fingerprint density at radius 3 is 2.41 bits per heavy atom. The molecule has 1 amide bonds. The number of methoxy groups -OCH3 is 1. The van der Waals surface area contributed by atoms with Gasteiger partial charge >= 0.3 is 0 Å². The van der Waals surface area contributed by atoms with Crippen LogP contribution in [0.2, 0.25) is 0 Å². The van der Waals surface area contributed by atoms with Gasteiger partial charge in [-0.25, -0.2) is 8.42 Å². The number of hydrogen-bond acceptors (Lipinski definition) is 7. The fourth-order valence-electron chi connectivity index (χ4n) is 5.92. The minimum absolute atomic E-state index is 0.0621. The number of nitrogens with zero attached hydrogens (tertiary/aromatic N) is 4. The predicted molar refractivity (Wildman–Crippen MR) is 157 cm³/mol. The van der Waals surface area contributed by atoms with Crippen molar-refractivity contribution in [2.24, 2.45) is 0 Å². The van der Waals surface area contributed by atoms with E-state index >= 15 is 0 Å². The molecule has 0 bridgehead atoms. The summed E-state index contributed by atoms with van der Waals surface area (Å²) in [5, 5.41) is 3.13. The molecule has 2 atom stereocenters. The van der Waals surface area contributed by atoms with Crippen LogP contribution in [0.15, 0.2) is 59.9 Å². The first-order valence-corrected chi connectivity index (χ1v) is 15.5. The highest BCUT2D eigenvalue weighted by atomic mass is 32.2. The summed E-state index contributed by atoms with van der Waals surface area (Å²) in [7, 11) is -2.29. The number of ether oxygens (including phenoxy) is 2.